The summed E-state index contributed by atoms with van der Waals surface area (Å²) in [5.41, 5.74) is 0.333. The van der Waals surface area contributed by atoms with E-state index in [1.165, 1.54) is 17.9 Å². The summed E-state index contributed by atoms with van der Waals surface area (Å²) >= 11 is 0. The van der Waals surface area contributed by atoms with E-state index in [1.807, 2.05) is 0 Å². The second-order valence-electron chi connectivity index (χ2n) is 5.12. The van der Waals surface area contributed by atoms with Crippen molar-refractivity contribution in [2.24, 2.45) is 0 Å². The molecule has 0 bridgehead atoms. The van der Waals surface area contributed by atoms with Gasteiger partial charge in [-0.25, -0.2) is 0 Å². The highest BCUT2D eigenvalue weighted by atomic mass is 16.7. The normalized spacial score (nSPS) is 13.2. The van der Waals surface area contributed by atoms with Gasteiger partial charge in [-0.2, -0.15) is 0 Å². The van der Waals surface area contributed by atoms with E-state index in [2.05, 4.69) is 5.32 Å². The summed E-state index contributed by atoms with van der Waals surface area (Å²) in [7, 11) is 3.13. The van der Waals surface area contributed by atoms with Gasteiger partial charge in [0, 0.05) is 19.7 Å². The van der Waals surface area contributed by atoms with Crippen LogP contribution in [0, 0.1) is 0 Å². The first-order valence-corrected chi connectivity index (χ1v) is 6.97. The Balaban J connectivity index is 1.84. The lowest BCUT2D eigenvalue weighted by Crippen LogP contribution is -2.38. The molecule has 1 atom stereocenters. The Morgan fingerprint density at radius 2 is 1.96 bits per heavy atom. The molecule has 1 aromatic rings. The van der Waals surface area contributed by atoms with Gasteiger partial charge in [-0.15, -0.1) is 0 Å². The van der Waals surface area contributed by atoms with Gasteiger partial charge >= 0.3 is 5.97 Å². The third-order valence-corrected chi connectivity index (χ3v) is 3.12. The van der Waals surface area contributed by atoms with Crippen molar-refractivity contribution in [3.05, 3.63) is 23.8 Å². The zero-order chi connectivity index (χ0) is 17.0. The number of amides is 2. The van der Waals surface area contributed by atoms with Gasteiger partial charge in [-0.1, -0.05) is 0 Å². The standard InChI is InChI=1S/C15H18N2O6/c1-9(15(20)17(2)3)23-13(18)7-16-14(19)10-4-5-11-12(6-10)22-8-21-11/h4-6,9H,7-8H2,1-3H3,(H,16,19)/t9-/m1/s1. The molecule has 0 fully saturated rings. The molecule has 8 heteroatoms. The second kappa shape index (κ2) is 6.99. The van der Waals surface area contributed by atoms with Crippen LogP contribution in [0.1, 0.15) is 17.3 Å². The Bertz CT molecular complexity index is 628. The maximum Gasteiger partial charge on any atom is 0.326 e. The topological polar surface area (TPSA) is 94.2 Å². The number of hydrogen-bond donors (Lipinski definition) is 1. The van der Waals surface area contributed by atoms with Crippen LogP contribution in [-0.2, 0) is 14.3 Å². The van der Waals surface area contributed by atoms with Crippen molar-refractivity contribution < 1.29 is 28.6 Å². The molecule has 0 saturated carbocycles. The highest BCUT2D eigenvalue weighted by molar-refractivity contribution is 5.96. The van der Waals surface area contributed by atoms with Crippen molar-refractivity contribution in [3.8, 4) is 11.5 Å². The Labute approximate surface area is 133 Å². The zero-order valence-electron chi connectivity index (χ0n) is 13.1. The Kier molecular flexibility index (Phi) is 5.05. The highest BCUT2D eigenvalue weighted by Gasteiger charge is 2.20. The number of likely N-dealkylation sites (N-methyl/N-ethyl adjacent to an activating group) is 1. The second-order valence-corrected chi connectivity index (χ2v) is 5.12. The van der Waals surface area contributed by atoms with Crippen molar-refractivity contribution in [1.29, 1.82) is 0 Å². The van der Waals surface area contributed by atoms with Gasteiger partial charge in [0.2, 0.25) is 6.79 Å². The third-order valence-electron chi connectivity index (χ3n) is 3.12. The maximum atomic E-state index is 12.0. The van der Waals surface area contributed by atoms with Crippen molar-refractivity contribution in [2.75, 3.05) is 27.4 Å². The first kappa shape index (κ1) is 16.6. The number of rotatable bonds is 5. The lowest BCUT2D eigenvalue weighted by molar-refractivity contribution is -0.157. The molecule has 0 unspecified atom stereocenters. The molecule has 1 N–H and O–H groups in total. The van der Waals surface area contributed by atoms with Crippen molar-refractivity contribution in [3.63, 3.8) is 0 Å². The van der Waals surface area contributed by atoms with E-state index >= 15 is 0 Å². The van der Waals surface area contributed by atoms with Gasteiger partial charge in [0.15, 0.2) is 17.6 Å². The van der Waals surface area contributed by atoms with E-state index in [0.29, 0.717) is 17.1 Å². The summed E-state index contributed by atoms with van der Waals surface area (Å²) in [6.07, 6.45) is -0.903. The van der Waals surface area contributed by atoms with Gasteiger partial charge in [0.05, 0.1) is 0 Å². The average Bonchev–Trinajstić information content (AvgIpc) is 2.99. The van der Waals surface area contributed by atoms with E-state index in [1.54, 1.807) is 26.2 Å². The summed E-state index contributed by atoms with van der Waals surface area (Å²) in [6, 6.07) is 4.71. The van der Waals surface area contributed by atoms with Crippen molar-refractivity contribution in [2.45, 2.75) is 13.0 Å². The van der Waals surface area contributed by atoms with E-state index in [-0.39, 0.29) is 19.2 Å². The van der Waals surface area contributed by atoms with Crippen molar-refractivity contribution in [1.82, 2.24) is 10.2 Å². The van der Waals surface area contributed by atoms with Crippen LogP contribution < -0.4 is 14.8 Å². The van der Waals surface area contributed by atoms with Gasteiger partial charge < -0.3 is 24.4 Å². The number of esters is 1. The van der Waals surface area contributed by atoms with Crippen LogP contribution in [0.25, 0.3) is 0 Å². The molecule has 8 nitrogen and oxygen atoms in total. The molecule has 1 aliphatic heterocycles. The van der Waals surface area contributed by atoms with Crippen LogP contribution in [0.2, 0.25) is 0 Å². The maximum absolute atomic E-state index is 12.0. The van der Waals surface area contributed by atoms with Crippen molar-refractivity contribution >= 4 is 17.8 Å². The Morgan fingerprint density at radius 1 is 1.26 bits per heavy atom. The number of fused-ring (bicyclic) bond motifs is 1. The van der Waals surface area contributed by atoms with Gasteiger partial charge in [0.1, 0.15) is 6.54 Å². The van der Waals surface area contributed by atoms with Gasteiger partial charge in [-0.05, 0) is 25.1 Å². The van der Waals surface area contributed by atoms with Crippen LogP contribution in [0.3, 0.4) is 0 Å². The molecule has 0 saturated heterocycles. The summed E-state index contributed by atoms with van der Waals surface area (Å²) in [4.78, 5) is 36.5. The lowest BCUT2D eigenvalue weighted by Gasteiger charge is -2.17. The predicted molar refractivity (Wildman–Crippen MR) is 79.1 cm³/mol. The van der Waals surface area contributed by atoms with Crippen LogP contribution in [-0.4, -0.2) is 56.2 Å². The number of benzene rings is 1. The van der Waals surface area contributed by atoms with E-state index < -0.39 is 18.0 Å². The monoisotopic (exact) mass is 322 g/mol. The molecule has 124 valence electrons. The predicted octanol–water partition coefficient (Wildman–Crippen LogP) is 0.165. The molecule has 0 radical (unpaired) electrons. The lowest BCUT2D eigenvalue weighted by atomic mass is 10.2. The molecule has 23 heavy (non-hydrogen) atoms. The highest BCUT2D eigenvalue weighted by Crippen LogP contribution is 2.32. The van der Waals surface area contributed by atoms with Gasteiger partial charge in [0.25, 0.3) is 11.8 Å². The molecule has 0 aliphatic carbocycles. The van der Waals surface area contributed by atoms with Crippen LogP contribution in [0.15, 0.2) is 18.2 Å². The first-order chi connectivity index (χ1) is 10.9. The number of carbonyl (C=O) groups is 3. The number of carbonyl (C=O) groups excluding carboxylic acids is 3. The van der Waals surface area contributed by atoms with E-state index in [0.717, 1.165) is 0 Å². The van der Waals surface area contributed by atoms with Crippen LogP contribution >= 0.6 is 0 Å². The zero-order valence-corrected chi connectivity index (χ0v) is 13.1. The van der Waals surface area contributed by atoms with Gasteiger partial charge in [-0.3, -0.25) is 14.4 Å². The summed E-state index contributed by atoms with van der Waals surface area (Å²) < 4.78 is 15.3. The number of nitrogens with one attached hydrogen (secondary N) is 1. The molecule has 0 aromatic heterocycles. The summed E-state index contributed by atoms with van der Waals surface area (Å²) in [5.74, 6) is -0.434. The largest absolute Gasteiger partial charge is 0.454 e. The Hall–Kier alpha value is -2.77. The van der Waals surface area contributed by atoms with E-state index in [4.69, 9.17) is 14.2 Å². The van der Waals surface area contributed by atoms with Crippen LogP contribution in [0.5, 0.6) is 11.5 Å². The molecule has 0 spiro atoms. The number of ether oxygens (including phenoxy) is 3. The third kappa shape index (κ3) is 4.12. The fourth-order valence-electron chi connectivity index (χ4n) is 1.95. The van der Waals surface area contributed by atoms with Crippen LogP contribution in [0.4, 0.5) is 0 Å². The minimum atomic E-state index is -0.903. The van der Waals surface area contributed by atoms with E-state index in [9.17, 15) is 14.4 Å². The number of hydrogen-bond acceptors (Lipinski definition) is 6. The smallest absolute Gasteiger partial charge is 0.326 e. The SMILES string of the molecule is C[C@@H](OC(=O)CNC(=O)c1ccc2c(c1)OCO2)C(=O)N(C)C. The molecular formula is C15H18N2O6. The molecular weight excluding hydrogens is 304 g/mol. The average molecular weight is 322 g/mol. The molecule has 1 heterocycles. The summed E-state index contributed by atoms with van der Waals surface area (Å²) in [5, 5.41) is 2.43. The summed E-state index contributed by atoms with van der Waals surface area (Å²) in [6.45, 7) is 1.25. The first-order valence-electron chi connectivity index (χ1n) is 6.97. The Morgan fingerprint density at radius 3 is 2.65 bits per heavy atom. The fourth-order valence-corrected chi connectivity index (χ4v) is 1.95. The molecule has 2 amide bonds. The number of nitrogens with zero attached hydrogens (tertiary/aromatic N) is 1. The minimum absolute atomic E-state index is 0.116. The minimum Gasteiger partial charge on any atom is -0.454 e. The molecule has 2 rings (SSSR count). The molecule has 1 aliphatic rings. The molecule has 1 aromatic carbocycles. The quantitative estimate of drug-likeness (QED) is 0.776. The fraction of sp³-hybridized carbons (Fsp3) is 0.400.